The summed E-state index contributed by atoms with van der Waals surface area (Å²) in [5.41, 5.74) is 9.40. The van der Waals surface area contributed by atoms with E-state index in [4.69, 9.17) is 10.5 Å². The molecule has 0 unspecified atom stereocenters. The summed E-state index contributed by atoms with van der Waals surface area (Å²) in [6.07, 6.45) is 3.86. The maximum Gasteiger partial charge on any atom is 0.272 e. The average Bonchev–Trinajstić information content (AvgIpc) is 3.71. The number of amides is 3. The number of aromatic nitrogens is 4. The molecule has 1 atom stereocenters. The van der Waals surface area contributed by atoms with Crippen LogP contribution >= 0.6 is 11.5 Å². The fraction of sp³-hybridized carbons (Fsp3) is 0.194. The summed E-state index contributed by atoms with van der Waals surface area (Å²) in [7, 11) is 0. The smallest absolute Gasteiger partial charge is 0.272 e. The minimum Gasteiger partial charge on any atom is -0.490 e. The van der Waals surface area contributed by atoms with Crippen LogP contribution in [0.1, 0.15) is 56.2 Å². The van der Waals surface area contributed by atoms with Crippen molar-refractivity contribution in [3.8, 4) is 23.1 Å². The molecular weight excluding hydrogens is 580 g/mol. The van der Waals surface area contributed by atoms with Gasteiger partial charge in [0.15, 0.2) is 5.69 Å². The van der Waals surface area contributed by atoms with Gasteiger partial charge in [-0.3, -0.25) is 14.4 Å². The summed E-state index contributed by atoms with van der Waals surface area (Å²) in [4.78, 5) is 42.2. The number of ether oxygens (including phenoxy) is 1. The molecule has 0 spiro atoms. The third-order valence-electron chi connectivity index (χ3n) is 6.64. The Morgan fingerprint density at radius 1 is 1.11 bits per heavy atom. The van der Waals surface area contributed by atoms with E-state index in [9.17, 15) is 19.6 Å². The summed E-state index contributed by atoms with van der Waals surface area (Å²) in [6.45, 7) is 3.82. The number of primary amides is 1. The fourth-order valence-electron chi connectivity index (χ4n) is 4.57. The van der Waals surface area contributed by atoms with Crippen molar-refractivity contribution in [1.29, 1.82) is 5.26 Å². The van der Waals surface area contributed by atoms with Crippen molar-refractivity contribution in [3.05, 3.63) is 100 Å². The van der Waals surface area contributed by atoms with Crippen LogP contribution in [0.5, 0.6) is 5.75 Å². The van der Waals surface area contributed by atoms with Crippen LogP contribution in [0.2, 0.25) is 0 Å². The molecule has 0 aliphatic carbocycles. The highest BCUT2D eigenvalue weighted by Crippen LogP contribution is 2.23. The number of nitriles is 1. The van der Waals surface area contributed by atoms with Gasteiger partial charge in [0, 0.05) is 35.4 Å². The number of nitrogens with two attached hydrogens (primary N) is 1. The van der Waals surface area contributed by atoms with Crippen molar-refractivity contribution < 1.29 is 19.1 Å². The number of fused-ring (bicyclic) bond motifs is 1. The lowest BCUT2D eigenvalue weighted by atomic mass is 10.0. The Bertz CT molecular complexity index is 1860. The number of carbonyl (C=O) groups is 3. The van der Waals surface area contributed by atoms with E-state index >= 15 is 0 Å². The number of nitrogens with zero attached hydrogens (tertiary/aromatic N) is 5. The Kier molecular flexibility index (Phi) is 8.92. The van der Waals surface area contributed by atoms with Crippen LogP contribution in [0.15, 0.2) is 72.4 Å². The molecule has 0 radical (unpaired) electrons. The molecule has 0 fully saturated rings. The molecule has 5 rings (SSSR count). The predicted molar refractivity (Wildman–Crippen MR) is 163 cm³/mol. The molecule has 12 nitrogen and oxygen atoms in total. The molecule has 3 heterocycles. The number of hydrogen-bond acceptors (Lipinski definition) is 9. The van der Waals surface area contributed by atoms with Crippen molar-refractivity contribution in [2.45, 2.75) is 32.4 Å². The monoisotopic (exact) mass is 608 g/mol. The summed E-state index contributed by atoms with van der Waals surface area (Å²) < 4.78 is 11.1. The van der Waals surface area contributed by atoms with Gasteiger partial charge in [0.1, 0.15) is 17.5 Å². The van der Waals surface area contributed by atoms with Gasteiger partial charge < -0.3 is 25.5 Å². The summed E-state index contributed by atoms with van der Waals surface area (Å²) in [5, 5.41) is 20.7. The molecule has 3 aromatic heterocycles. The van der Waals surface area contributed by atoms with Crippen LogP contribution in [-0.4, -0.2) is 55.4 Å². The van der Waals surface area contributed by atoms with Crippen LogP contribution in [0.25, 0.3) is 16.9 Å². The minimum absolute atomic E-state index is 0.117. The second-order valence-corrected chi connectivity index (χ2v) is 10.8. The number of pyridine rings is 1. The molecule has 13 heteroatoms. The highest BCUT2D eigenvalue weighted by atomic mass is 32.1. The van der Waals surface area contributed by atoms with Gasteiger partial charge in [-0.15, -0.1) is 5.10 Å². The normalized spacial score (nSPS) is 11.6. The van der Waals surface area contributed by atoms with E-state index < -0.39 is 23.8 Å². The molecule has 0 aliphatic rings. The fourth-order valence-corrected chi connectivity index (χ4v) is 5.01. The molecule has 2 aromatic carbocycles. The molecule has 0 aliphatic heterocycles. The second kappa shape index (κ2) is 13.1. The standard InChI is InChI=1S/C31H28N8O4S/c1-18(2)43-27-10-9-21(13-22(27)14-32)30(41)35-23(15-34-31(42)26-17-44-38-37-26)12-19-5-7-20(8-6-19)25-16-39-11-3-4-24(28(33)40)29(39)36-25/h3-11,13,16-18,23H,12,15H2,1-2H3,(H2,33,40)(H,34,42)(H,35,41)/t23-/m0/s1. The number of nitrogens with one attached hydrogen (secondary N) is 2. The zero-order valence-electron chi connectivity index (χ0n) is 23.9. The van der Waals surface area contributed by atoms with Crippen LogP contribution in [-0.2, 0) is 6.42 Å². The van der Waals surface area contributed by atoms with E-state index in [2.05, 4.69) is 31.3 Å². The Morgan fingerprint density at radius 2 is 1.91 bits per heavy atom. The number of rotatable bonds is 11. The molecule has 5 aromatic rings. The maximum atomic E-state index is 13.3. The van der Waals surface area contributed by atoms with Crippen LogP contribution in [0.3, 0.4) is 0 Å². The highest BCUT2D eigenvalue weighted by Gasteiger charge is 2.19. The number of imidazole rings is 1. The third kappa shape index (κ3) is 6.88. The lowest BCUT2D eigenvalue weighted by Gasteiger charge is -2.20. The SMILES string of the molecule is CC(C)Oc1ccc(C(=O)N[C@H](CNC(=O)c2csnn2)Cc2ccc(-c3cn4cccc(C(N)=O)c4n3)cc2)cc1C#N. The lowest BCUT2D eigenvalue weighted by molar-refractivity contribution is 0.0906. The van der Waals surface area contributed by atoms with Crippen LogP contribution in [0, 0.1) is 11.3 Å². The maximum absolute atomic E-state index is 13.3. The van der Waals surface area contributed by atoms with E-state index in [0.717, 1.165) is 22.7 Å². The predicted octanol–water partition coefficient (Wildman–Crippen LogP) is 3.38. The van der Waals surface area contributed by atoms with E-state index in [1.54, 1.807) is 34.9 Å². The Morgan fingerprint density at radius 3 is 2.59 bits per heavy atom. The molecule has 0 saturated carbocycles. The van der Waals surface area contributed by atoms with Crippen LogP contribution in [0.4, 0.5) is 0 Å². The summed E-state index contributed by atoms with van der Waals surface area (Å²) in [6, 6.07) is 17.2. The van der Waals surface area contributed by atoms with Gasteiger partial charge in [-0.25, -0.2) is 4.98 Å². The molecule has 0 saturated heterocycles. The Hall–Kier alpha value is -5.61. The molecule has 44 heavy (non-hydrogen) atoms. The quantitative estimate of drug-likeness (QED) is 0.204. The first-order valence-electron chi connectivity index (χ1n) is 13.7. The van der Waals surface area contributed by atoms with Crippen molar-refractivity contribution in [2.75, 3.05) is 6.54 Å². The molecule has 3 amide bonds. The van der Waals surface area contributed by atoms with E-state index in [0.29, 0.717) is 29.1 Å². The summed E-state index contributed by atoms with van der Waals surface area (Å²) in [5.74, 6) is -0.967. The number of benzene rings is 2. The van der Waals surface area contributed by atoms with Crippen molar-refractivity contribution in [1.82, 2.24) is 29.6 Å². The van der Waals surface area contributed by atoms with Crippen molar-refractivity contribution >= 4 is 34.9 Å². The van der Waals surface area contributed by atoms with Gasteiger partial charge in [0.2, 0.25) is 0 Å². The van der Waals surface area contributed by atoms with E-state index in [1.165, 1.54) is 11.4 Å². The van der Waals surface area contributed by atoms with Crippen molar-refractivity contribution in [3.63, 3.8) is 0 Å². The van der Waals surface area contributed by atoms with Gasteiger partial charge in [0.05, 0.1) is 29.0 Å². The van der Waals surface area contributed by atoms with E-state index in [-0.39, 0.29) is 29.5 Å². The molecule has 0 bridgehead atoms. The third-order valence-corrected chi connectivity index (χ3v) is 7.15. The Labute approximate surface area is 256 Å². The summed E-state index contributed by atoms with van der Waals surface area (Å²) >= 11 is 1.07. The molecule has 4 N–H and O–H groups in total. The molecule has 222 valence electrons. The number of carbonyl (C=O) groups excluding carboxylic acids is 3. The first kappa shape index (κ1) is 29.9. The molecular formula is C31H28N8O4S. The zero-order chi connectivity index (χ0) is 31.2. The average molecular weight is 609 g/mol. The lowest BCUT2D eigenvalue weighted by Crippen LogP contribution is -2.45. The first-order valence-corrected chi connectivity index (χ1v) is 14.5. The zero-order valence-corrected chi connectivity index (χ0v) is 24.7. The largest absolute Gasteiger partial charge is 0.490 e. The van der Waals surface area contributed by atoms with E-state index in [1.807, 2.05) is 44.3 Å². The van der Waals surface area contributed by atoms with Gasteiger partial charge >= 0.3 is 0 Å². The van der Waals surface area contributed by atoms with Gasteiger partial charge in [-0.2, -0.15) is 5.26 Å². The first-order chi connectivity index (χ1) is 21.2. The Balaban J connectivity index is 1.34. The topological polar surface area (TPSA) is 177 Å². The van der Waals surface area contributed by atoms with Gasteiger partial charge in [0.25, 0.3) is 17.7 Å². The van der Waals surface area contributed by atoms with Gasteiger partial charge in [-0.1, -0.05) is 28.8 Å². The van der Waals surface area contributed by atoms with Crippen LogP contribution < -0.4 is 21.1 Å². The van der Waals surface area contributed by atoms with Gasteiger partial charge in [-0.05, 0) is 67.7 Å². The minimum atomic E-state index is -0.557. The highest BCUT2D eigenvalue weighted by molar-refractivity contribution is 7.03. The number of hydrogen-bond donors (Lipinski definition) is 3. The van der Waals surface area contributed by atoms with Crippen molar-refractivity contribution in [2.24, 2.45) is 5.73 Å². The second-order valence-electron chi connectivity index (χ2n) is 10.2.